The summed E-state index contributed by atoms with van der Waals surface area (Å²) in [5.41, 5.74) is 6.70. The van der Waals surface area contributed by atoms with Crippen molar-refractivity contribution >= 4 is 23.2 Å². The van der Waals surface area contributed by atoms with Crippen molar-refractivity contribution in [2.45, 2.75) is 39.0 Å². The Balaban J connectivity index is 1.76. The SMILES string of the molecule is CC1CCC(CCNC(=O)c2ccc(N)c(Cl)c2)CC1. The summed E-state index contributed by atoms with van der Waals surface area (Å²) < 4.78 is 0. The minimum atomic E-state index is -0.0731. The van der Waals surface area contributed by atoms with Gasteiger partial charge in [-0.2, -0.15) is 0 Å². The van der Waals surface area contributed by atoms with Gasteiger partial charge in [-0.1, -0.05) is 44.2 Å². The van der Waals surface area contributed by atoms with Crippen molar-refractivity contribution in [1.29, 1.82) is 0 Å². The molecule has 1 aliphatic carbocycles. The zero-order chi connectivity index (χ0) is 14.5. The number of carbonyl (C=O) groups is 1. The van der Waals surface area contributed by atoms with Crippen LogP contribution in [-0.4, -0.2) is 12.5 Å². The third kappa shape index (κ3) is 4.14. The molecule has 1 aromatic carbocycles. The van der Waals surface area contributed by atoms with Crippen molar-refractivity contribution in [2.75, 3.05) is 12.3 Å². The number of hydrogen-bond acceptors (Lipinski definition) is 2. The van der Waals surface area contributed by atoms with E-state index in [1.54, 1.807) is 18.2 Å². The Morgan fingerprint density at radius 3 is 2.70 bits per heavy atom. The number of benzene rings is 1. The van der Waals surface area contributed by atoms with E-state index in [9.17, 15) is 4.79 Å². The Hall–Kier alpha value is -1.22. The number of rotatable bonds is 4. The second-order valence-electron chi connectivity index (χ2n) is 5.91. The van der Waals surface area contributed by atoms with Crippen molar-refractivity contribution in [3.63, 3.8) is 0 Å². The van der Waals surface area contributed by atoms with E-state index in [-0.39, 0.29) is 5.91 Å². The summed E-state index contributed by atoms with van der Waals surface area (Å²) >= 11 is 5.92. The summed E-state index contributed by atoms with van der Waals surface area (Å²) in [4.78, 5) is 12.0. The molecule has 0 atom stereocenters. The summed E-state index contributed by atoms with van der Waals surface area (Å²) in [6.07, 6.45) is 6.31. The average Bonchev–Trinajstić information content (AvgIpc) is 2.44. The van der Waals surface area contributed by atoms with Crippen LogP contribution < -0.4 is 11.1 Å². The van der Waals surface area contributed by atoms with E-state index in [1.165, 1.54) is 25.7 Å². The highest BCUT2D eigenvalue weighted by atomic mass is 35.5. The second-order valence-corrected chi connectivity index (χ2v) is 6.31. The molecule has 1 aliphatic rings. The number of halogens is 1. The van der Waals surface area contributed by atoms with Crippen LogP contribution in [0.5, 0.6) is 0 Å². The Kier molecular flexibility index (Phi) is 5.30. The average molecular weight is 295 g/mol. The van der Waals surface area contributed by atoms with Gasteiger partial charge in [0.25, 0.3) is 5.91 Å². The molecule has 0 unspecified atom stereocenters. The molecule has 0 aromatic heterocycles. The number of nitrogens with two attached hydrogens (primary N) is 1. The van der Waals surface area contributed by atoms with Crippen LogP contribution >= 0.6 is 11.6 Å². The first-order chi connectivity index (χ1) is 9.56. The summed E-state index contributed by atoms with van der Waals surface area (Å²) in [5.74, 6) is 1.57. The second kappa shape index (κ2) is 6.98. The maximum absolute atomic E-state index is 12.0. The zero-order valence-electron chi connectivity index (χ0n) is 12.0. The molecule has 0 spiro atoms. The molecule has 0 aliphatic heterocycles. The van der Waals surface area contributed by atoms with Crippen LogP contribution in [0.4, 0.5) is 5.69 Å². The number of amides is 1. The van der Waals surface area contributed by atoms with Crippen LogP contribution in [-0.2, 0) is 0 Å². The van der Waals surface area contributed by atoms with Gasteiger partial charge in [0.2, 0.25) is 0 Å². The standard InChI is InChI=1S/C16H23ClN2O/c1-11-2-4-12(5-3-11)8-9-19-16(20)13-6-7-15(18)14(17)10-13/h6-7,10-12H,2-5,8-9,18H2,1H3,(H,19,20). The van der Waals surface area contributed by atoms with E-state index in [0.717, 1.165) is 24.8 Å². The Labute approximate surface area is 125 Å². The van der Waals surface area contributed by atoms with Crippen molar-refractivity contribution in [1.82, 2.24) is 5.32 Å². The molecule has 4 heteroatoms. The van der Waals surface area contributed by atoms with Gasteiger partial charge in [0, 0.05) is 12.1 Å². The maximum Gasteiger partial charge on any atom is 0.251 e. The molecule has 3 N–H and O–H groups in total. The fraction of sp³-hybridized carbons (Fsp3) is 0.562. The fourth-order valence-electron chi connectivity index (χ4n) is 2.78. The highest BCUT2D eigenvalue weighted by molar-refractivity contribution is 6.33. The molecule has 0 bridgehead atoms. The number of anilines is 1. The summed E-state index contributed by atoms with van der Waals surface area (Å²) in [5, 5.41) is 3.40. The molecule has 1 aromatic rings. The minimum absolute atomic E-state index is 0.0731. The van der Waals surface area contributed by atoms with Gasteiger partial charge < -0.3 is 11.1 Å². The lowest BCUT2D eigenvalue weighted by molar-refractivity contribution is 0.0949. The van der Waals surface area contributed by atoms with Crippen LogP contribution in [0.1, 0.15) is 49.4 Å². The predicted molar refractivity (Wildman–Crippen MR) is 83.9 cm³/mol. The van der Waals surface area contributed by atoms with Gasteiger partial charge in [-0.15, -0.1) is 0 Å². The minimum Gasteiger partial charge on any atom is -0.398 e. The van der Waals surface area contributed by atoms with E-state index >= 15 is 0 Å². The first-order valence-electron chi connectivity index (χ1n) is 7.39. The molecule has 1 fully saturated rings. The number of hydrogen-bond donors (Lipinski definition) is 2. The van der Waals surface area contributed by atoms with Gasteiger partial charge in [-0.05, 0) is 36.5 Å². The monoisotopic (exact) mass is 294 g/mol. The number of nitrogens with one attached hydrogen (secondary N) is 1. The van der Waals surface area contributed by atoms with Crippen LogP contribution in [0.3, 0.4) is 0 Å². The molecule has 0 saturated heterocycles. The normalized spacial score (nSPS) is 22.5. The van der Waals surface area contributed by atoms with E-state index in [2.05, 4.69) is 12.2 Å². The van der Waals surface area contributed by atoms with E-state index in [1.807, 2.05) is 0 Å². The molecular formula is C16H23ClN2O. The Morgan fingerprint density at radius 1 is 1.35 bits per heavy atom. The largest absolute Gasteiger partial charge is 0.398 e. The number of carbonyl (C=O) groups excluding carboxylic acids is 1. The fourth-order valence-corrected chi connectivity index (χ4v) is 2.96. The third-order valence-electron chi connectivity index (χ3n) is 4.24. The third-order valence-corrected chi connectivity index (χ3v) is 4.56. The predicted octanol–water partition coefficient (Wildman–Crippen LogP) is 3.87. The van der Waals surface area contributed by atoms with Crippen LogP contribution in [0, 0.1) is 11.8 Å². The Bertz CT molecular complexity index is 468. The number of nitrogen functional groups attached to an aromatic ring is 1. The molecule has 1 amide bonds. The zero-order valence-corrected chi connectivity index (χ0v) is 12.7. The first-order valence-corrected chi connectivity index (χ1v) is 7.77. The molecule has 0 radical (unpaired) electrons. The van der Waals surface area contributed by atoms with Gasteiger partial charge in [-0.3, -0.25) is 4.79 Å². The van der Waals surface area contributed by atoms with E-state index in [4.69, 9.17) is 17.3 Å². The lowest BCUT2D eigenvalue weighted by Gasteiger charge is -2.26. The molecule has 3 nitrogen and oxygen atoms in total. The smallest absolute Gasteiger partial charge is 0.251 e. The van der Waals surface area contributed by atoms with Crippen molar-refractivity contribution in [3.05, 3.63) is 28.8 Å². The molecular weight excluding hydrogens is 272 g/mol. The van der Waals surface area contributed by atoms with Crippen molar-refractivity contribution in [3.8, 4) is 0 Å². The quantitative estimate of drug-likeness (QED) is 0.828. The van der Waals surface area contributed by atoms with Crippen molar-refractivity contribution < 1.29 is 4.79 Å². The molecule has 1 saturated carbocycles. The summed E-state index contributed by atoms with van der Waals surface area (Å²) in [6.45, 7) is 3.06. The molecule has 110 valence electrons. The first kappa shape index (κ1) is 15.2. The summed E-state index contributed by atoms with van der Waals surface area (Å²) in [6, 6.07) is 4.99. The van der Waals surface area contributed by atoms with E-state index < -0.39 is 0 Å². The van der Waals surface area contributed by atoms with Gasteiger partial charge in [0.15, 0.2) is 0 Å². The van der Waals surface area contributed by atoms with Crippen molar-refractivity contribution in [2.24, 2.45) is 11.8 Å². The summed E-state index contributed by atoms with van der Waals surface area (Å²) in [7, 11) is 0. The molecule has 2 rings (SSSR count). The van der Waals surface area contributed by atoms with Gasteiger partial charge in [0.1, 0.15) is 0 Å². The van der Waals surface area contributed by atoms with Crippen LogP contribution in [0.25, 0.3) is 0 Å². The van der Waals surface area contributed by atoms with Gasteiger partial charge in [-0.25, -0.2) is 0 Å². The highest BCUT2D eigenvalue weighted by Crippen LogP contribution is 2.30. The lowest BCUT2D eigenvalue weighted by atomic mass is 9.81. The van der Waals surface area contributed by atoms with Gasteiger partial charge in [0.05, 0.1) is 10.7 Å². The highest BCUT2D eigenvalue weighted by Gasteiger charge is 2.18. The van der Waals surface area contributed by atoms with Crippen LogP contribution in [0.15, 0.2) is 18.2 Å². The van der Waals surface area contributed by atoms with Gasteiger partial charge >= 0.3 is 0 Å². The van der Waals surface area contributed by atoms with E-state index in [0.29, 0.717) is 16.3 Å². The molecule has 20 heavy (non-hydrogen) atoms. The topological polar surface area (TPSA) is 55.1 Å². The maximum atomic E-state index is 12.0. The molecule has 0 heterocycles. The Morgan fingerprint density at radius 2 is 2.05 bits per heavy atom. The lowest BCUT2D eigenvalue weighted by Crippen LogP contribution is -2.26. The van der Waals surface area contributed by atoms with Crippen LogP contribution in [0.2, 0.25) is 5.02 Å².